The Hall–Kier alpha value is -0.410. The summed E-state index contributed by atoms with van der Waals surface area (Å²) in [7, 11) is 0. The second-order valence-electron chi connectivity index (χ2n) is 3.64. The Kier molecular flexibility index (Phi) is 1.93. The van der Waals surface area contributed by atoms with Crippen LogP contribution in [0.4, 0.5) is 0 Å². The number of hydrogen-bond donors (Lipinski definition) is 1. The molecule has 1 aromatic heterocycles. The SMILES string of the molecule is Cc1cnc(C2(N)CCCC2)s1. The van der Waals surface area contributed by atoms with E-state index in [1.165, 1.54) is 17.7 Å². The highest BCUT2D eigenvalue weighted by Crippen LogP contribution is 2.37. The minimum absolute atomic E-state index is 0.0844. The first kappa shape index (κ1) is 8.20. The van der Waals surface area contributed by atoms with Crippen LogP contribution in [0, 0.1) is 6.92 Å². The van der Waals surface area contributed by atoms with Gasteiger partial charge in [-0.2, -0.15) is 0 Å². The van der Waals surface area contributed by atoms with E-state index in [9.17, 15) is 0 Å². The molecule has 1 fully saturated rings. The monoisotopic (exact) mass is 182 g/mol. The summed E-state index contributed by atoms with van der Waals surface area (Å²) < 4.78 is 0. The second-order valence-corrected chi connectivity index (χ2v) is 4.87. The third kappa shape index (κ3) is 1.27. The van der Waals surface area contributed by atoms with E-state index in [4.69, 9.17) is 5.73 Å². The van der Waals surface area contributed by atoms with Gasteiger partial charge in [0.1, 0.15) is 5.01 Å². The Morgan fingerprint density at radius 3 is 2.67 bits per heavy atom. The normalized spacial score (nSPS) is 21.5. The minimum Gasteiger partial charge on any atom is -0.319 e. The van der Waals surface area contributed by atoms with Gasteiger partial charge in [0.25, 0.3) is 0 Å². The van der Waals surface area contributed by atoms with Gasteiger partial charge in [-0.1, -0.05) is 12.8 Å². The topological polar surface area (TPSA) is 38.9 Å². The van der Waals surface area contributed by atoms with Crippen LogP contribution in [-0.4, -0.2) is 4.98 Å². The molecule has 3 heteroatoms. The lowest BCUT2D eigenvalue weighted by Crippen LogP contribution is -2.32. The standard InChI is InChI=1S/C9H14N2S/c1-7-6-11-8(12-7)9(10)4-2-3-5-9/h6H,2-5,10H2,1H3. The fraction of sp³-hybridized carbons (Fsp3) is 0.667. The van der Waals surface area contributed by atoms with Gasteiger partial charge in [0.15, 0.2) is 0 Å². The molecule has 2 nitrogen and oxygen atoms in total. The fourth-order valence-corrected chi connectivity index (χ4v) is 2.73. The zero-order chi connectivity index (χ0) is 8.60. The van der Waals surface area contributed by atoms with Gasteiger partial charge in [-0.05, 0) is 19.8 Å². The number of aryl methyl sites for hydroxylation is 1. The maximum absolute atomic E-state index is 6.24. The van der Waals surface area contributed by atoms with Gasteiger partial charge in [-0.15, -0.1) is 11.3 Å². The quantitative estimate of drug-likeness (QED) is 0.723. The zero-order valence-corrected chi connectivity index (χ0v) is 8.16. The Labute approximate surface area is 76.8 Å². The molecule has 2 N–H and O–H groups in total. The van der Waals surface area contributed by atoms with Gasteiger partial charge in [-0.25, -0.2) is 4.98 Å². The number of rotatable bonds is 1. The van der Waals surface area contributed by atoms with Crippen LogP contribution >= 0.6 is 11.3 Å². The Morgan fingerprint density at radius 2 is 2.17 bits per heavy atom. The molecular formula is C9H14N2S. The first-order valence-corrected chi connectivity index (χ1v) is 5.24. The molecule has 0 bridgehead atoms. The van der Waals surface area contributed by atoms with Gasteiger partial charge in [0, 0.05) is 11.1 Å². The van der Waals surface area contributed by atoms with Crippen molar-refractivity contribution in [1.29, 1.82) is 0 Å². The number of nitrogens with zero attached hydrogens (tertiary/aromatic N) is 1. The second kappa shape index (κ2) is 2.82. The van der Waals surface area contributed by atoms with Crippen LogP contribution in [0.25, 0.3) is 0 Å². The molecule has 12 heavy (non-hydrogen) atoms. The van der Waals surface area contributed by atoms with E-state index >= 15 is 0 Å². The van der Waals surface area contributed by atoms with Gasteiger partial charge in [0.05, 0.1) is 5.54 Å². The lowest BCUT2D eigenvalue weighted by molar-refractivity contribution is 0.459. The van der Waals surface area contributed by atoms with Crippen LogP contribution < -0.4 is 5.73 Å². The summed E-state index contributed by atoms with van der Waals surface area (Å²) in [4.78, 5) is 5.63. The molecule has 1 aliphatic carbocycles. The highest BCUT2D eigenvalue weighted by atomic mass is 32.1. The van der Waals surface area contributed by atoms with Crippen LogP contribution in [0.15, 0.2) is 6.20 Å². The van der Waals surface area contributed by atoms with Crippen molar-refractivity contribution in [3.8, 4) is 0 Å². The predicted octanol–water partition coefficient (Wildman–Crippen LogP) is 2.18. The van der Waals surface area contributed by atoms with Crippen molar-refractivity contribution in [2.24, 2.45) is 5.73 Å². The summed E-state index contributed by atoms with van der Waals surface area (Å²) in [5, 5.41) is 1.14. The summed E-state index contributed by atoms with van der Waals surface area (Å²) in [6, 6.07) is 0. The predicted molar refractivity (Wildman–Crippen MR) is 51.2 cm³/mol. The van der Waals surface area contributed by atoms with E-state index in [2.05, 4.69) is 11.9 Å². The average molecular weight is 182 g/mol. The van der Waals surface area contributed by atoms with E-state index in [0.29, 0.717) is 0 Å². The van der Waals surface area contributed by atoms with Crippen molar-refractivity contribution >= 4 is 11.3 Å². The molecule has 0 aliphatic heterocycles. The summed E-state index contributed by atoms with van der Waals surface area (Å²) in [5.74, 6) is 0. The third-order valence-corrected chi connectivity index (χ3v) is 3.68. The van der Waals surface area contributed by atoms with Crippen LogP contribution in [0.2, 0.25) is 0 Å². The largest absolute Gasteiger partial charge is 0.319 e. The van der Waals surface area contributed by atoms with Gasteiger partial charge in [0.2, 0.25) is 0 Å². The Balaban J connectivity index is 2.28. The minimum atomic E-state index is -0.0844. The highest BCUT2D eigenvalue weighted by molar-refractivity contribution is 7.11. The molecule has 66 valence electrons. The molecule has 1 aliphatic rings. The first-order valence-electron chi connectivity index (χ1n) is 4.42. The van der Waals surface area contributed by atoms with Crippen molar-refractivity contribution in [3.63, 3.8) is 0 Å². The number of hydrogen-bond acceptors (Lipinski definition) is 3. The summed E-state index contributed by atoms with van der Waals surface area (Å²) in [5.41, 5.74) is 6.16. The van der Waals surface area contributed by atoms with Crippen LogP contribution in [-0.2, 0) is 5.54 Å². The van der Waals surface area contributed by atoms with E-state index in [1.54, 1.807) is 11.3 Å². The number of aromatic nitrogens is 1. The number of nitrogens with two attached hydrogens (primary N) is 1. The third-order valence-electron chi connectivity index (χ3n) is 2.54. The average Bonchev–Trinajstić information content (AvgIpc) is 2.59. The molecule has 0 atom stereocenters. The van der Waals surface area contributed by atoms with Crippen molar-refractivity contribution in [3.05, 3.63) is 16.1 Å². The van der Waals surface area contributed by atoms with E-state index in [0.717, 1.165) is 17.8 Å². The van der Waals surface area contributed by atoms with Gasteiger partial charge in [-0.3, -0.25) is 0 Å². The lowest BCUT2D eigenvalue weighted by Gasteiger charge is -2.19. The fourth-order valence-electron chi connectivity index (χ4n) is 1.80. The van der Waals surface area contributed by atoms with Crippen molar-refractivity contribution in [1.82, 2.24) is 4.98 Å². The van der Waals surface area contributed by atoms with Gasteiger partial charge >= 0.3 is 0 Å². The number of thiazole rings is 1. The molecule has 0 aromatic carbocycles. The summed E-state index contributed by atoms with van der Waals surface area (Å²) in [6.07, 6.45) is 6.66. The Morgan fingerprint density at radius 1 is 1.50 bits per heavy atom. The maximum atomic E-state index is 6.24. The Bertz CT molecular complexity index is 274. The molecule has 1 aromatic rings. The van der Waals surface area contributed by atoms with Crippen molar-refractivity contribution in [2.45, 2.75) is 38.1 Å². The highest BCUT2D eigenvalue weighted by Gasteiger charge is 2.33. The molecule has 0 amide bonds. The van der Waals surface area contributed by atoms with Crippen molar-refractivity contribution in [2.75, 3.05) is 0 Å². The van der Waals surface area contributed by atoms with Gasteiger partial charge < -0.3 is 5.73 Å². The molecule has 1 saturated carbocycles. The molecule has 1 heterocycles. The van der Waals surface area contributed by atoms with Crippen LogP contribution in [0.3, 0.4) is 0 Å². The molecular weight excluding hydrogens is 168 g/mol. The van der Waals surface area contributed by atoms with Crippen LogP contribution in [0.1, 0.15) is 35.6 Å². The summed E-state index contributed by atoms with van der Waals surface area (Å²) >= 11 is 1.75. The summed E-state index contributed by atoms with van der Waals surface area (Å²) in [6.45, 7) is 2.08. The molecule has 0 radical (unpaired) electrons. The van der Waals surface area contributed by atoms with E-state index in [1.807, 2.05) is 6.20 Å². The van der Waals surface area contributed by atoms with E-state index in [-0.39, 0.29) is 5.54 Å². The molecule has 0 spiro atoms. The molecule has 2 rings (SSSR count). The van der Waals surface area contributed by atoms with E-state index < -0.39 is 0 Å². The molecule has 0 unspecified atom stereocenters. The molecule has 0 saturated heterocycles. The maximum Gasteiger partial charge on any atom is 0.113 e. The lowest BCUT2D eigenvalue weighted by atomic mass is 10.0. The zero-order valence-electron chi connectivity index (χ0n) is 7.34. The smallest absolute Gasteiger partial charge is 0.113 e. The van der Waals surface area contributed by atoms with Crippen LogP contribution in [0.5, 0.6) is 0 Å². The first-order chi connectivity index (χ1) is 5.71. The van der Waals surface area contributed by atoms with Crippen molar-refractivity contribution < 1.29 is 0 Å².